The molecule has 0 aliphatic rings. The third-order valence-corrected chi connectivity index (χ3v) is 3.99. The summed E-state index contributed by atoms with van der Waals surface area (Å²) in [6, 6.07) is 1.53. The molecule has 20 heavy (non-hydrogen) atoms. The Morgan fingerprint density at radius 3 is 2.75 bits per heavy atom. The number of methoxy groups -OCH3 is 1. The number of hydrogen-bond donors (Lipinski definition) is 2. The Kier molecular flexibility index (Phi) is 7.08. The molecule has 1 aromatic rings. The van der Waals surface area contributed by atoms with Crippen LogP contribution in [0.4, 0.5) is 0 Å². The van der Waals surface area contributed by atoms with Crippen molar-refractivity contribution >= 4 is 46.3 Å². The van der Waals surface area contributed by atoms with E-state index in [4.69, 9.17) is 38.9 Å². The minimum absolute atomic E-state index is 0.0506. The van der Waals surface area contributed by atoms with E-state index in [1.807, 2.05) is 0 Å². The van der Waals surface area contributed by atoms with Crippen molar-refractivity contribution in [3.05, 3.63) is 20.3 Å². The second kappa shape index (κ2) is 8.31. The van der Waals surface area contributed by atoms with Gasteiger partial charge in [-0.15, -0.1) is 11.3 Å². The standard InChI is InChI=1S/C11H15Cl2N3O3S/c1-19-5-4-16(3-2-9(14)15-18)11(17)7-6-8(12)20-10(7)13/h6,18H,2-5H2,1H3,(H2,14,15). The van der Waals surface area contributed by atoms with Gasteiger partial charge >= 0.3 is 0 Å². The van der Waals surface area contributed by atoms with Gasteiger partial charge in [0.2, 0.25) is 0 Å². The molecular formula is C11H15Cl2N3O3S. The number of carbonyl (C=O) groups is 1. The molecule has 1 heterocycles. The van der Waals surface area contributed by atoms with Gasteiger partial charge in [0.05, 0.1) is 16.5 Å². The van der Waals surface area contributed by atoms with Crippen molar-refractivity contribution in [2.24, 2.45) is 10.9 Å². The number of nitrogens with two attached hydrogens (primary N) is 1. The first-order valence-electron chi connectivity index (χ1n) is 5.69. The molecule has 0 aliphatic heterocycles. The predicted molar refractivity (Wildman–Crippen MR) is 80.1 cm³/mol. The zero-order chi connectivity index (χ0) is 15.1. The first-order chi connectivity index (χ1) is 9.49. The molecule has 0 spiro atoms. The monoisotopic (exact) mass is 339 g/mol. The summed E-state index contributed by atoms with van der Waals surface area (Å²) in [7, 11) is 1.54. The van der Waals surface area contributed by atoms with Gasteiger partial charge in [0, 0.05) is 26.6 Å². The summed E-state index contributed by atoms with van der Waals surface area (Å²) in [5.74, 6) is -0.212. The third-order valence-electron chi connectivity index (χ3n) is 2.51. The van der Waals surface area contributed by atoms with Crippen LogP contribution in [0, 0.1) is 0 Å². The number of rotatable bonds is 7. The highest BCUT2D eigenvalue weighted by molar-refractivity contribution is 7.20. The van der Waals surface area contributed by atoms with Crippen LogP contribution >= 0.6 is 34.5 Å². The van der Waals surface area contributed by atoms with Gasteiger partial charge < -0.3 is 20.6 Å². The Morgan fingerprint density at radius 2 is 2.25 bits per heavy atom. The number of ether oxygens (including phenoxy) is 1. The summed E-state index contributed by atoms with van der Waals surface area (Å²) < 4.78 is 5.75. The number of halogens is 2. The highest BCUT2D eigenvalue weighted by Gasteiger charge is 2.20. The van der Waals surface area contributed by atoms with E-state index in [1.54, 1.807) is 7.11 Å². The molecule has 0 radical (unpaired) electrons. The SMILES string of the molecule is COCCN(CC/C(N)=N/O)C(=O)c1cc(Cl)sc1Cl. The number of amidine groups is 1. The first-order valence-corrected chi connectivity index (χ1v) is 7.26. The second-order valence-corrected chi connectivity index (χ2v) is 6.15. The van der Waals surface area contributed by atoms with Gasteiger partial charge in [0.15, 0.2) is 0 Å². The van der Waals surface area contributed by atoms with Gasteiger partial charge in [-0.25, -0.2) is 0 Å². The Balaban J connectivity index is 2.81. The average molecular weight is 340 g/mol. The van der Waals surface area contributed by atoms with Crippen LogP contribution in [-0.4, -0.2) is 48.7 Å². The number of hydrogen-bond acceptors (Lipinski definition) is 5. The molecule has 0 aromatic carbocycles. The maximum absolute atomic E-state index is 12.4. The molecule has 1 amide bonds. The number of nitrogens with zero attached hydrogens (tertiary/aromatic N) is 2. The fourth-order valence-electron chi connectivity index (χ4n) is 1.47. The molecule has 0 fully saturated rings. The van der Waals surface area contributed by atoms with E-state index in [9.17, 15) is 4.79 Å². The Morgan fingerprint density at radius 1 is 1.55 bits per heavy atom. The number of amides is 1. The van der Waals surface area contributed by atoms with Crippen LogP contribution < -0.4 is 5.73 Å². The van der Waals surface area contributed by atoms with Crippen molar-refractivity contribution in [1.29, 1.82) is 0 Å². The molecule has 0 saturated heterocycles. The van der Waals surface area contributed by atoms with Gasteiger partial charge in [-0.3, -0.25) is 4.79 Å². The van der Waals surface area contributed by atoms with Crippen LogP contribution in [0.5, 0.6) is 0 Å². The van der Waals surface area contributed by atoms with Gasteiger partial charge in [-0.05, 0) is 6.07 Å². The molecule has 3 N–H and O–H groups in total. The van der Waals surface area contributed by atoms with Crippen molar-refractivity contribution in [2.45, 2.75) is 6.42 Å². The molecule has 1 rings (SSSR count). The molecular weight excluding hydrogens is 325 g/mol. The number of oxime groups is 1. The summed E-state index contributed by atoms with van der Waals surface area (Å²) in [6.45, 7) is 1.04. The lowest BCUT2D eigenvalue weighted by molar-refractivity contribution is 0.0701. The lowest BCUT2D eigenvalue weighted by Crippen LogP contribution is -2.36. The molecule has 0 bridgehead atoms. The van der Waals surface area contributed by atoms with E-state index < -0.39 is 0 Å². The van der Waals surface area contributed by atoms with E-state index in [1.165, 1.54) is 11.0 Å². The normalized spacial score (nSPS) is 11.7. The minimum Gasteiger partial charge on any atom is -0.409 e. The fraction of sp³-hybridized carbons (Fsp3) is 0.455. The molecule has 1 aromatic heterocycles. The fourth-order valence-corrected chi connectivity index (χ4v) is 2.92. The number of carbonyl (C=O) groups excluding carboxylic acids is 1. The Labute approximate surface area is 130 Å². The van der Waals surface area contributed by atoms with Gasteiger partial charge in [0.1, 0.15) is 10.2 Å². The molecule has 0 saturated carbocycles. The predicted octanol–water partition coefficient (Wildman–Crippen LogP) is 2.28. The highest BCUT2D eigenvalue weighted by Crippen LogP contribution is 2.31. The quantitative estimate of drug-likeness (QED) is 0.345. The highest BCUT2D eigenvalue weighted by atomic mass is 35.5. The van der Waals surface area contributed by atoms with Crippen LogP contribution in [-0.2, 0) is 4.74 Å². The van der Waals surface area contributed by atoms with E-state index in [-0.39, 0.29) is 18.2 Å². The summed E-state index contributed by atoms with van der Waals surface area (Å²) in [5.41, 5.74) is 5.75. The molecule has 0 atom stereocenters. The van der Waals surface area contributed by atoms with Gasteiger partial charge in [-0.1, -0.05) is 28.4 Å². The van der Waals surface area contributed by atoms with Crippen LogP contribution in [0.1, 0.15) is 16.8 Å². The maximum atomic E-state index is 12.4. The number of thiophene rings is 1. The average Bonchev–Trinajstić information content (AvgIpc) is 2.76. The van der Waals surface area contributed by atoms with Crippen LogP contribution in [0.15, 0.2) is 11.2 Å². The molecule has 112 valence electrons. The summed E-state index contributed by atoms with van der Waals surface area (Å²) in [5, 5.41) is 11.4. The summed E-state index contributed by atoms with van der Waals surface area (Å²) in [6.07, 6.45) is 0.251. The van der Waals surface area contributed by atoms with Crippen molar-refractivity contribution in [1.82, 2.24) is 4.90 Å². The lowest BCUT2D eigenvalue weighted by atomic mass is 10.2. The molecule has 0 unspecified atom stereocenters. The topological polar surface area (TPSA) is 88.2 Å². The van der Waals surface area contributed by atoms with Crippen molar-refractivity contribution in [3.63, 3.8) is 0 Å². The van der Waals surface area contributed by atoms with Crippen LogP contribution in [0.25, 0.3) is 0 Å². The van der Waals surface area contributed by atoms with E-state index in [2.05, 4.69) is 5.16 Å². The van der Waals surface area contributed by atoms with Crippen LogP contribution in [0.2, 0.25) is 8.67 Å². The third kappa shape index (κ3) is 4.82. The van der Waals surface area contributed by atoms with Crippen molar-refractivity contribution in [2.75, 3.05) is 26.8 Å². The Bertz CT molecular complexity index is 493. The smallest absolute Gasteiger partial charge is 0.256 e. The second-order valence-electron chi connectivity index (χ2n) is 3.86. The first kappa shape index (κ1) is 17.0. The lowest BCUT2D eigenvalue weighted by Gasteiger charge is -2.21. The van der Waals surface area contributed by atoms with Crippen molar-refractivity contribution in [3.8, 4) is 0 Å². The largest absolute Gasteiger partial charge is 0.409 e. The molecule has 6 nitrogen and oxygen atoms in total. The zero-order valence-electron chi connectivity index (χ0n) is 10.8. The van der Waals surface area contributed by atoms with E-state index in [0.29, 0.717) is 33.9 Å². The van der Waals surface area contributed by atoms with E-state index >= 15 is 0 Å². The van der Waals surface area contributed by atoms with Gasteiger partial charge in [0.25, 0.3) is 5.91 Å². The molecule has 9 heteroatoms. The van der Waals surface area contributed by atoms with Crippen LogP contribution in [0.3, 0.4) is 0 Å². The summed E-state index contributed by atoms with van der Waals surface area (Å²) >= 11 is 12.9. The van der Waals surface area contributed by atoms with Gasteiger partial charge in [-0.2, -0.15) is 0 Å². The van der Waals surface area contributed by atoms with Crippen molar-refractivity contribution < 1.29 is 14.7 Å². The maximum Gasteiger partial charge on any atom is 0.256 e. The van der Waals surface area contributed by atoms with E-state index in [0.717, 1.165) is 11.3 Å². The molecule has 0 aliphatic carbocycles. The Hall–Kier alpha value is -1.02. The summed E-state index contributed by atoms with van der Waals surface area (Å²) in [4.78, 5) is 13.9. The zero-order valence-corrected chi connectivity index (χ0v) is 13.1. The minimum atomic E-state index is -0.263.